The molecule has 2 atom stereocenters. The van der Waals surface area contributed by atoms with E-state index in [4.69, 9.17) is 0 Å². The third-order valence-electron chi connectivity index (χ3n) is 7.92. The molecular weight excluding hydrogens is 468 g/mol. The van der Waals surface area contributed by atoms with E-state index in [-0.39, 0.29) is 11.6 Å². The van der Waals surface area contributed by atoms with Crippen LogP contribution in [0.2, 0.25) is 0 Å². The predicted octanol–water partition coefficient (Wildman–Crippen LogP) is 5.65. The number of benzene rings is 4. The second-order valence-electron chi connectivity index (χ2n) is 10.8. The molecule has 192 valence electrons. The van der Waals surface area contributed by atoms with Crippen LogP contribution in [0.3, 0.4) is 0 Å². The second kappa shape index (κ2) is 11.3. The Morgan fingerprint density at radius 2 is 1.13 bits per heavy atom. The molecule has 0 spiro atoms. The lowest BCUT2D eigenvalue weighted by Gasteiger charge is -2.47. The minimum absolute atomic E-state index is 0.0595. The number of hydrogen-bond acceptors (Lipinski definition) is 3. The van der Waals surface area contributed by atoms with Crippen molar-refractivity contribution in [2.45, 2.75) is 19.0 Å². The van der Waals surface area contributed by atoms with E-state index in [2.05, 4.69) is 43.3 Å². The largest absolute Gasteiger partial charge is 0.317 e. The van der Waals surface area contributed by atoms with Crippen molar-refractivity contribution in [2.24, 2.45) is 0 Å². The summed E-state index contributed by atoms with van der Waals surface area (Å²) in [5.41, 5.74) is 5.38. The van der Waals surface area contributed by atoms with Gasteiger partial charge in [0.15, 0.2) is 11.6 Å². The van der Waals surface area contributed by atoms with Gasteiger partial charge in [0.2, 0.25) is 0 Å². The van der Waals surface area contributed by atoms with Crippen LogP contribution in [-0.2, 0) is 13.0 Å². The summed E-state index contributed by atoms with van der Waals surface area (Å²) in [6.07, 6.45) is 0.950. The minimum Gasteiger partial charge on any atom is -0.317 e. The van der Waals surface area contributed by atoms with Gasteiger partial charge in [-0.3, -0.25) is 14.5 Å². The van der Waals surface area contributed by atoms with E-state index in [1.807, 2.05) is 84.9 Å². The smallest absolute Gasteiger partial charge is 0.193 e. The van der Waals surface area contributed by atoms with E-state index < -0.39 is 0 Å². The SMILES string of the molecule is CN1CC[N+](C)(Cc2ccc(C(=O)c3ccccc3)cc2)C(Cc2ccc(C(=O)c3ccccc3)cc2)C1. The molecule has 38 heavy (non-hydrogen) atoms. The summed E-state index contributed by atoms with van der Waals surface area (Å²) in [4.78, 5) is 28.0. The maximum Gasteiger partial charge on any atom is 0.193 e. The van der Waals surface area contributed by atoms with Crippen molar-refractivity contribution in [1.29, 1.82) is 0 Å². The lowest BCUT2D eigenvalue weighted by Crippen LogP contribution is -2.63. The van der Waals surface area contributed by atoms with E-state index in [0.29, 0.717) is 6.04 Å². The van der Waals surface area contributed by atoms with Crippen LogP contribution in [0, 0.1) is 0 Å². The van der Waals surface area contributed by atoms with E-state index in [1.165, 1.54) is 11.1 Å². The number of hydrogen-bond donors (Lipinski definition) is 0. The molecule has 0 N–H and O–H groups in total. The van der Waals surface area contributed by atoms with Crippen molar-refractivity contribution in [3.63, 3.8) is 0 Å². The summed E-state index contributed by atoms with van der Waals surface area (Å²) in [7, 11) is 4.55. The second-order valence-corrected chi connectivity index (χ2v) is 10.8. The number of nitrogens with zero attached hydrogens (tertiary/aromatic N) is 2. The van der Waals surface area contributed by atoms with Crippen molar-refractivity contribution >= 4 is 11.6 Å². The van der Waals surface area contributed by atoms with Crippen LogP contribution in [-0.4, -0.2) is 60.7 Å². The Morgan fingerprint density at radius 1 is 0.684 bits per heavy atom. The third kappa shape index (κ3) is 5.83. The molecular formula is C34H35N2O2+. The summed E-state index contributed by atoms with van der Waals surface area (Å²) in [5, 5.41) is 0. The Morgan fingerprint density at radius 3 is 1.63 bits per heavy atom. The maximum absolute atomic E-state index is 12.8. The fourth-order valence-electron chi connectivity index (χ4n) is 5.48. The monoisotopic (exact) mass is 503 g/mol. The molecule has 4 nitrogen and oxygen atoms in total. The van der Waals surface area contributed by atoms with Gasteiger partial charge in [-0.25, -0.2) is 0 Å². The van der Waals surface area contributed by atoms with E-state index >= 15 is 0 Å². The van der Waals surface area contributed by atoms with Gasteiger partial charge in [-0.15, -0.1) is 0 Å². The molecule has 1 fully saturated rings. The molecule has 1 aliphatic heterocycles. The first-order chi connectivity index (χ1) is 18.4. The Hall–Kier alpha value is -3.86. The van der Waals surface area contributed by atoms with Crippen molar-refractivity contribution in [3.05, 3.63) is 143 Å². The van der Waals surface area contributed by atoms with Crippen LogP contribution >= 0.6 is 0 Å². The molecule has 0 aliphatic carbocycles. The molecule has 0 radical (unpaired) electrons. The average Bonchev–Trinajstić information content (AvgIpc) is 2.96. The molecule has 2 unspecified atom stereocenters. The molecule has 0 aromatic heterocycles. The number of likely N-dealkylation sites (N-methyl/N-ethyl adjacent to an activating group) is 2. The van der Waals surface area contributed by atoms with Gasteiger partial charge in [0.25, 0.3) is 0 Å². The lowest BCUT2D eigenvalue weighted by atomic mass is 9.96. The Bertz CT molecular complexity index is 1380. The highest BCUT2D eigenvalue weighted by Gasteiger charge is 2.37. The Balaban J connectivity index is 1.29. The number of carbonyl (C=O) groups is 2. The van der Waals surface area contributed by atoms with E-state index in [1.54, 1.807) is 0 Å². The normalized spacial score (nSPS) is 19.7. The zero-order valence-corrected chi connectivity index (χ0v) is 22.2. The van der Waals surface area contributed by atoms with Gasteiger partial charge in [-0.05, 0) is 12.6 Å². The average molecular weight is 504 g/mol. The molecule has 4 aromatic rings. The molecule has 0 saturated carbocycles. The molecule has 1 aliphatic rings. The quantitative estimate of drug-likeness (QED) is 0.230. The summed E-state index contributed by atoms with van der Waals surface area (Å²) < 4.78 is 0.945. The number of ketones is 2. The molecule has 1 saturated heterocycles. The Kier molecular flexibility index (Phi) is 7.64. The maximum atomic E-state index is 12.8. The predicted molar refractivity (Wildman–Crippen MR) is 152 cm³/mol. The van der Waals surface area contributed by atoms with Gasteiger partial charge in [0.05, 0.1) is 20.1 Å². The summed E-state index contributed by atoms with van der Waals surface area (Å²) in [5.74, 6) is 0.119. The molecule has 4 aromatic carbocycles. The number of piperazine rings is 1. The van der Waals surface area contributed by atoms with Crippen LogP contribution in [0.25, 0.3) is 0 Å². The highest BCUT2D eigenvalue weighted by atomic mass is 16.1. The molecule has 0 bridgehead atoms. The fourth-order valence-corrected chi connectivity index (χ4v) is 5.48. The van der Waals surface area contributed by atoms with Crippen molar-refractivity contribution in [2.75, 3.05) is 33.7 Å². The van der Waals surface area contributed by atoms with Gasteiger partial charge in [0, 0.05) is 40.8 Å². The van der Waals surface area contributed by atoms with Crippen LogP contribution in [0.15, 0.2) is 109 Å². The van der Waals surface area contributed by atoms with Crippen LogP contribution < -0.4 is 0 Å². The number of rotatable bonds is 8. The highest BCUT2D eigenvalue weighted by Crippen LogP contribution is 2.25. The minimum atomic E-state index is 0.0595. The first-order valence-electron chi connectivity index (χ1n) is 13.3. The topological polar surface area (TPSA) is 37.4 Å². The van der Waals surface area contributed by atoms with Gasteiger partial charge < -0.3 is 4.48 Å². The number of quaternary nitrogens is 1. The zero-order chi connectivity index (χ0) is 26.5. The van der Waals surface area contributed by atoms with E-state index in [9.17, 15) is 9.59 Å². The first kappa shape index (κ1) is 25.8. The van der Waals surface area contributed by atoms with E-state index in [0.717, 1.165) is 59.3 Å². The van der Waals surface area contributed by atoms with Crippen LogP contribution in [0.1, 0.15) is 43.0 Å². The fraction of sp³-hybridized carbons (Fsp3) is 0.235. The van der Waals surface area contributed by atoms with Crippen LogP contribution in [0.4, 0.5) is 0 Å². The zero-order valence-electron chi connectivity index (χ0n) is 22.2. The van der Waals surface area contributed by atoms with Crippen molar-refractivity contribution < 1.29 is 14.1 Å². The Labute approximate surface area is 225 Å². The van der Waals surface area contributed by atoms with Crippen LogP contribution in [0.5, 0.6) is 0 Å². The highest BCUT2D eigenvalue weighted by molar-refractivity contribution is 6.09. The number of carbonyl (C=O) groups excluding carboxylic acids is 2. The summed E-state index contributed by atoms with van der Waals surface area (Å²) in [6.45, 7) is 4.06. The standard InChI is InChI=1S/C34H35N2O2/c1-35-21-22-36(2,25-27-15-19-31(20-16-27)34(38)29-11-7-4-8-12-29)32(24-35)23-26-13-17-30(18-14-26)33(37)28-9-5-3-6-10-28/h3-20,32H,21-25H2,1-2H3/q+1. The van der Waals surface area contributed by atoms with Gasteiger partial charge in [0.1, 0.15) is 12.6 Å². The summed E-state index contributed by atoms with van der Waals surface area (Å²) in [6, 6.07) is 35.6. The molecule has 0 amide bonds. The molecule has 5 rings (SSSR count). The van der Waals surface area contributed by atoms with Gasteiger partial charge in [-0.2, -0.15) is 0 Å². The molecule has 1 heterocycles. The van der Waals surface area contributed by atoms with Gasteiger partial charge in [-0.1, -0.05) is 109 Å². The molecule has 4 heteroatoms. The summed E-state index contributed by atoms with van der Waals surface area (Å²) >= 11 is 0. The van der Waals surface area contributed by atoms with Gasteiger partial charge >= 0.3 is 0 Å². The first-order valence-corrected chi connectivity index (χ1v) is 13.3. The lowest BCUT2D eigenvalue weighted by molar-refractivity contribution is -0.950. The van der Waals surface area contributed by atoms with Crippen molar-refractivity contribution in [3.8, 4) is 0 Å². The third-order valence-corrected chi connectivity index (χ3v) is 7.92. The van der Waals surface area contributed by atoms with Crippen molar-refractivity contribution in [1.82, 2.24) is 4.90 Å².